The molecule has 0 saturated carbocycles. The van der Waals surface area contributed by atoms with Crippen LogP contribution in [-0.4, -0.2) is 31.7 Å². The van der Waals surface area contributed by atoms with Crippen LogP contribution in [0.4, 0.5) is 0 Å². The third kappa shape index (κ3) is 6.98. The van der Waals surface area contributed by atoms with Crippen molar-refractivity contribution in [2.24, 2.45) is 0 Å². The molecule has 20 heavy (non-hydrogen) atoms. The van der Waals surface area contributed by atoms with Crippen LogP contribution in [-0.2, 0) is 10.0 Å². The lowest BCUT2D eigenvalue weighted by atomic mass is 10.2. The highest BCUT2D eigenvalue weighted by Gasteiger charge is 2.15. The number of pyridine rings is 1. The van der Waals surface area contributed by atoms with Gasteiger partial charge in [-0.1, -0.05) is 19.9 Å². The fourth-order valence-electron chi connectivity index (χ4n) is 1.84. The second-order valence-corrected chi connectivity index (χ2v) is 7.13. The van der Waals surface area contributed by atoms with Gasteiger partial charge in [-0.3, -0.25) is 4.98 Å². The summed E-state index contributed by atoms with van der Waals surface area (Å²) < 4.78 is 26.6. The van der Waals surface area contributed by atoms with Crippen LogP contribution in [0.5, 0.6) is 0 Å². The van der Waals surface area contributed by atoms with Gasteiger partial charge in [0, 0.05) is 24.5 Å². The minimum atomic E-state index is -3.24. The number of hydrogen-bond donors (Lipinski definition) is 2. The standard InChI is InChI=1S/C14H25N3O2S/c1-12(2)16-9-4-5-10-20(18,19)17-13(3)14-7-6-8-15-11-14/h6-8,11-13,16-17H,4-5,9-10H2,1-3H3. The Kier molecular flexibility index (Phi) is 7.12. The molecule has 114 valence electrons. The van der Waals surface area contributed by atoms with Crippen molar-refractivity contribution in [3.63, 3.8) is 0 Å². The van der Waals surface area contributed by atoms with Gasteiger partial charge in [0.1, 0.15) is 0 Å². The third-order valence-electron chi connectivity index (χ3n) is 2.93. The normalized spacial score (nSPS) is 13.6. The summed E-state index contributed by atoms with van der Waals surface area (Å²) in [6.45, 7) is 6.84. The van der Waals surface area contributed by atoms with Crippen molar-refractivity contribution in [1.29, 1.82) is 0 Å². The molecule has 0 amide bonds. The van der Waals surface area contributed by atoms with Crippen molar-refractivity contribution in [2.75, 3.05) is 12.3 Å². The molecule has 0 bridgehead atoms. The van der Waals surface area contributed by atoms with Crippen LogP contribution in [0.2, 0.25) is 0 Å². The molecule has 0 aliphatic carbocycles. The first-order valence-corrected chi connectivity index (χ1v) is 8.69. The lowest BCUT2D eigenvalue weighted by Gasteiger charge is -2.14. The van der Waals surface area contributed by atoms with Gasteiger partial charge in [-0.05, 0) is 37.9 Å². The lowest BCUT2D eigenvalue weighted by molar-refractivity contribution is 0.549. The first-order valence-electron chi connectivity index (χ1n) is 7.04. The maximum Gasteiger partial charge on any atom is 0.212 e. The summed E-state index contributed by atoms with van der Waals surface area (Å²) in [6, 6.07) is 3.86. The third-order valence-corrected chi connectivity index (χ3v) is 4.47. The van der Waals surface area contributed by atoms with Crippen molar-refractivity contribution >= 4 is 10.0 Å². The number of nitrogens with one attached hydrogen (secondary N) is 2. The Labute approximate surface area is 122 Å². The van der Waals surface area contributed by atoms with E-state index in [0.29, 0.717) is 12.5 Å². The summed E-state index contributed by atoms with van der Waals surface area (Å²) in [7, 11) is -3.24. The highest BCUT2D eigenvalue weighted by Crippen LogP contribution is 2.11. The molecule has 6 heteroatoms. The van der Waals surface area contributed by atoms with E-state index in [9.17, 15) is 8.42 Å². The second kappa shape index (κ2) is 8.34. The van der Waals surface area contributed by atoms with E-state index in [0.717, 1.165) is 18.5 Å². The van der Waals surface area contributed by atoms with Crippen molar-refractivity contribution in [3.05, 3.63) is 30.1 Å². The number of unbranched alkanes of at least 4 members (excludes halogenated alkanes) is 1. The van der Waals surface area contributed by atoms with E-state index in [1.165, 1.54) is 0 Å². The maximum absolute atomic E-state index is 12.0. The Morgan fingerprint density at radius 1 is 1.25 bits per heavy atom. The van der Waals surface area contributed by atoms with Crippen LogP contribution in [0, 0.1) is 0 Å². The molecule has 1 aromatic heterocycles. The summed E-state index contributed by atoms with van der Waals surface area (Å²) in [5.74, 6) is 0.164. The first kappa shape index (κ1) is 17.1. The van der Waals surface area contributed by atoms with Gasteiger partial charge in [0.15, 0.2) is 0 Å². The molecule has 1 unspecified atom stereocenters. The topological polar surface area (TPSA) is 71.1 Å². The molecule has 0 saturated heterocycles. The van der Waals surface area contributed by atoms with Crippen LogP contribution < -0.4 is 10.0 Å². The van der Waals surface area contributed by atoms with E-state index in [1.54, 1.807) is 18.5 Å². The van der Waals surface area contributed by atoms with Crippen LogP contribution in [0.25, 0.3) is 0 Å². The summed E-state index contributed by atoms with van der Waals surface area (Å²) in [6.07, 6.45) is 4.88. The fourth-order valence-corrected chi connectivity index (χ4v) is 3.21. The minimum absolute atomic E-state index is 0.164. The van der Waals surface area contributed by atoms with Gasteiger partial charge >= 0.3 is 0 Å². The Morgan fingerprint density at radius 2 is 2.00 bits per heavy atom. The van der Waals surface area contributed by atoms with Crippen molar-refractivity contribution in [1.82, 2.24) is 15.0 Å². The zero-order chi connectivity index (χ0) is 15.0. The average molecular weight is 299 g/mol. The Hall–Kier alpha value is -0.980. The Bertz CT molecular complexity index is 474. The number of hydrogen-bond acceptors (Lipinski definition) is 4. The number of rotatable bonds is 9. The number of nitrogens with zero attached hydrogens (tertiary/aromatic N) is 1. The summed E-state index contributed by atoms with van der Waals surface area (Å²) in [5, 5.41) is 3.27. The van der Waals surface area contributed by atoms with Crippen LogP contribution in [0.3, 0.4) is 0 Å². The molecule has 1 heterocycles. The molecule has 5 nitrogen and oxygen atoms in total. The molecular weight excluding hydrogens is 274 g/mol. The molecule has 0 aromatic carbocycles. The summed E-state index contributed by atoms with van der Waals surface area (Å²) in [5.41, 5.74) is 0.873. The van der Waals surface area contributed by atoms with Crippen molar-refractivity contribution < 1.29 is 8.42 Å². The average Bonchev–Trinajstić information content (AvgIpc) is 2.38. The van der Waals surface area contributed by atoms with Gasteiger partial charge in [-0.25, -0.2) is 13.1 Å². The molecule has 1 rings (SSSR count). The number of aromatic nitrogens is 1. The predicted octanol–water partition coefficient (Wildman–Crippen LogP) is 1.84. The molecule has 0 fully saturated rings. The van der Waals surface area contributed by atoms with E-state index < -0.39 is 10.0 Å². The van der Waals surface area contributed by atoms with Crippen molar-refractivity contribution in [2.45, 2.75) is 45.7 Å². The first-order chi connectivity index (χ1) is 9.41. The maximum atomic E-state index is 12.0. The molecule has 0 aliphatic rings. The zero-order valence-electron chi connectivity index (χ0n) is 12.5. The van der Waals surface area contributed by atoms with E-state index in [4.69, 9.17) is 0 Å². The summed E-state index contributed by atoms with van der Waals surface area (Å²) >= 11 is 0. The van der Waals surface area contributed by atoms with Crippen molar-refractivity contribution in [3.8, 4) is 0 Å². The molecule has 1 aromatic rings. The van der Waals surface area contributed by atoms with Gasteiger partial charge in [-0.15, -0.1) is 0 Å². The highest BCUT2D eigenvalue weighted by molar-refractivity contribution is 7.89. The van der Waals surface area contributed by atoms with Crippen LogP contribution in [0.1, 0.15) is 45.2 Å². The van der Waals surface area contributed by atoms with Crippen LogP contribution in [0.15, 0.2) is 24.5 Å². The predicted molar refractivity (Wildman–Crippen MR) is 81.9 cm³/mol. The molecule has 0 aliphatic heterocycles. The smallest absolute Gasteiger partial charge is 0.212 e. The highest BCUT2D eigenvalue weighted by atomic mass is 32.2. The van der Waals surface area contributed by atoms with Crippen LogP contribution >= 0.6 is 0 Å². The molecule has 2 N–H and O–H groups in total. The van der Waals surface area contributed by atoms with Gasteiger partial charge in [-0.2, -0.15) is 0 Å². The van der Waals surface area contributed by atoms with Gasteiger partial charge in [0.2, 0.25) is 10.0 Å². The van der Waals surface area contributed by atoms with E-state index in [1.807, 2.05) is 13.0 Å². The molecule has 0 radical (unpaired) electrons. The Balaban J connectivity index is 2.34. The van der Waals surface area contributed by atoms with Gasteiger partial charge in [0.25, 0.3) is 0 Å². The Morgan fingerprint density at radius 3 is 2.60 bits per heavy atom. The van der Waals surface area contributed by atoms with Gasteiger partial charge < -0.3 is 5.32 Å². The van der Waals surface area contributed by atoms with Gasteiger partial charge in [0.05, 0.1) is 5.75 Å². The molecule has 1 atom stereocenters. The largest absolute Gasteiger partial charge is 0.315 e. The zero-order valence-corrected chi connectivity index (χ0v) is 13.3. The van der Waals surface area contributed by atoms with E-state index >= 15 is 0 Å². The summed E-state index contributed by atoms with van der Waals surface area (Å²) in [4.78, 5) is 4.00. The second-order valence-electron chi connectivity index (χ2n) is 5.26. The number of sulfonamides is 1. The molecular formula is C14H25N3O2S. The SMILES string of the molecule is CC(C)NCCCCS(=O)(=O)NC(C)c1cccnc1. The quantitative estimate of drug-likeness (QED) is 0.683. The fraction of sp³-hybridized carbons (Fsp3) is 0.643. The van der Waals surface area contributed by atoms with E-state index in [-0.39, 0.29) is 11.8 Å². The minimum Gasteiger partial charge on any atom is -0.315 e. The van der Waals surface area contributed by atoms with E-state index in [2.05, 4.69) is 28.9 Å². The lowest BCUT2D eigenvalue weighted by Crippen LogP contribution is -2.30. The monoisotopic (exact) mass is 299 g/mol. The molecule has 0 spiro atoms.